The molecule has 0 amide bonds. The highest BCUT2D eigenvalue weighted by Gasteiger charge is 2.12. The Morgan fingerprint density at radius 2 is 2.00 bits per heavy atom. The summed E-state index contributed by atoms with van der Waals surface area (Å²) >= 11 is 5.80. The number of nitrogens with two attached hydrogens (primary N) is 1. The molecule has 116 valence electrons. The molecule has 2 rings (SSSR count). The van der Waals surface area contributed by atoms with Crippen LogP contribution in [0.3, 0.4) is 0 Å². The number of carbonyl (C=O) groups is 1. The Balaban J connectivity index is 2.48. The average Bonchev–Trinajstić information content (AvgIpc) is 2.54. The first kappa shape index (κ1) is 16.3. The van der Waals surface area contributed by atoms with Gasteiger partial charge in [0.25, 0.3) is 0 Å². The molecule has 0 saturated heterocycles. The van der Waals surface area contributed by atoms with Gasteiger partial charge < -0.3 is 15.2 Å². The number of rotatable bonds is 5. The minimum absolute atomic E-state index is 0.00500. The minimum atomic E-state index is -0.505. The summed E-state index contributed by atoms with van der Waals surface area (Å²) in [5, 5.41) is 0.00500. The largest absolute Gasteiger partial charge is 0.492 e. The van der Waals surface area contributed by atoms with Gasteiger partial charge in [-0.25, -0.2) is 9.18 Å². The third-order valence-electron chi connectivity index (χ3n) is 2.97. The monoisotopic (exact) mass is 323 g/mol. The van der Waals surface area contributed by atoms with Crippen LogP contribution in [0.15, 0.2) is 36.4 Å². The number of benzene rings is 2. The molecule has 0 aliphatic carbocycles. The summed E-state index contributed by atoms with van der Waals surface area (Å²) in [6, 6.07) is 9.25. The smallest absolute Gasteiger partial charge is 0.338 e. The van der Waals surface area contributed by atoms with Gasteiger partial charge in [0.1, 0.15) is 18.2 Å². The molecule has 0 bridgehead atoms. The van der Waals surface area contributed by atoms with Crippen molar-refractivity contribution in [3.05, 3.63) is 52.8 Å². The number of halogens is 2. The summed E-state index contributed by atoms with van der Waals surface area (Å²) in [5.41, 5.74) is 7.06. The zero-order valence-electron chi connectivity index (χ0n) is 11.9. The number of esters is 1. The van der Waals surface area contributed by atoms with E-state index in [0.717, 1.165) is 0 Å². The number of hydrogen-bond donors (Lipinski definition) is 1. The van der Waals surface area contributed by atoms with E-state index in [4.69, 9.17) is 26.8 Å². The summed E-state index contributed by atoms with van der Waals surface area (Å²) in [4.78, 5) is 11.8. The van der Waals surface area contributed by atoms with Gasteiger partial charge in [0.15, 0.2) is 0 Å². The first-order valence-corrected chi connectivity index (χ1v) is 6.94. The molecule has 0 unspecified atom stereocenters. The second-order valence-corrected chi connectivity index (χ2v) is 4.91. The minimum Gasteiger partial charge on any atom is -0.492 e. The predicted octanol–water partition coefficient (Wildman–Crippen LogP) is 3.27. The van der Waals surface area contributed by atoms with Crippen molar-refractivity contribution in [3.63, 3.8) is 0 Å². The molecule has 6 heteroatoms. The van der Waals surface area contributed by atoms with Crippen LogP contribution in [0.1, 0.15) is 10.4 Å². The van der Waals surface area contributed by atoms with E-state index in [0.29, 0.717) is 35.6 Å². The number of hydrogen-bond acceptors (Lipinski definition) is 4. The lowest BCUT2D eigenvalue weighted by molar-refractivity contribution is 0.0600. The zero-order chi connectivity index (χ0) is 16.1. The summed E-state index contributed by atoms with van der Waals surface area (Å²) in [5.74, 6) is -0.523. The maximum absolute atomic E-state index is 13.3. The normalized spacial score (nSPS) is 10.4. The van der Waals surface area contributed by atoms with Crippen LogP contribution < -0.4 is 10.5 Å². The highest BCUT2D eigenvalue weighted by molar-refractivity contribution is 6.31. The molecular formula is C16H15ClFNO3. The van der Waals surface area contributed by atoms with Crippen molar-refractivity contribution in [3.8, 4) is 16.9 Å². The fourth-order valence-corrected chi connectivity index (χ4v) is 2.12. The molecule has 4 nitrogen and oxygen atoms in total. The van der Waals surface area contributed by atoms with Crippen molar-refractivity contribution in [1.82, 2.24) is 0 Å². The van der Waals surface area contributed by atoms with E-state index in [1.807, 2.05) is 0 Å². The van der Waals surface area contributed by atoms with Crippen LogP contribution in [0, 0.1) is 5.82 Å². The van der Waals surface area contributed by atoms with Gasteiger partial charge in [0, 0.05) is 6.54 Å². The highest BCUT2D eigenvalue weighted by Crippen LogP contribution is 2.29. The highest BCUT2D eigenvalue weighted by atomic mass is 35.5. The molecular weight excluding hydrogens is 309 g/mol. The van der Waals surface area contributed by atoms with E-state index in [1.54, 1.807) is 24.3 Å². The first-order valence-electron chi connectivity index (χ1n) is 6.57. The SMILES string of the molecule is COC(=O)c1cc(OCCN)cc(-c2ccc(F)c(Cl)c2)c1. The molecule has 0 fully saturated rings. The van der Waals surface area contributed by atoms with E-state index in [9.17, 15) is 9.18 Å². The second kappa shape index (κ2) is 7.24. The molecule has 2 aromatic rings. The Kier molecular flexibility index (Phi) is 5.35. The third kappa shape index (κ3) is 3.75. The second-order valence-electron chi connectivity index (χ2n) is 4.50. The molecule has 22 heavy (non-hydrogen) atoms. The molecule has 0 spiro atoms. The molecule has 0 radical (unpaired) electrons. The van der Waals surface area contributed by atoms with Crippen LogP contribution in [0.2, 0.25) is 5.02 Å². The van der Waals surface area contributed by atoms with Gasteiger partial charge >= 0.3 is 5.97 Å². The molecule has 2 aromatic carbocycles. The van der Waals surface area contributed by atoms with E-state index < -0.39 is 11.8 Å². The van der Waals surface area contributed by atoms with Crippen molar-refractivity contribution < 1.29 is 18.7 Å². The molecule has 2 N–H and O–H groups in total. The van der Waals surface area contributed by atoms with Gasteiger partial charge in [-0.2, -0.15) is 0 Å². The van der Waals surface area contributed by atoms with Crippen molar-refractivity contribution in [2.45, 2.75) is 0 Å². The van der Waals surface area contributed by atoms with E-state index in [2.05, 4.69) is 0 Å². The Hall–Kier alpha value is -2.11. The summed E-state index contributed by atoms with van der Waals surface area (Å²) in [6.07, 6.45) is 0. The fraction of sp³-hybridized carbons (Fsp3) is 0.188. The lowest BCUT2D eigenvalue weighted by Crippen LogP contribution is -2.11. The molecule has 0 heterocycles. The lowest BCUT2D eigenvalue weighted by atomic mass is 10.0. The van der Waals surface area contributed by atoms with Crippen molar-refractivity contribution in [2.24, 2.45) is 5.73 Å². The average molecular weight is 324 g/mol. The molecule has 0 aliphatic rings. The first-order chi connectivity index (χ1) is 10.5. The van der Waals surface area contributed by atoms with Crippen molar-refractivity contribution in [2.75, 3.05) is 20.3 Å². The summed E-state index contributed by atoms with van der Waals surface area (Å²) in [7, 11) is 1.30. The topological polar surface area (TPSA) is 61.5 Å². The number of methoxy groups -OCH3 is 1. The molecule has 0 saturated carbocycles. The van der Waals surface area contributed by atoms with Crippen LogP contribution in [-0.4, -0.2) is 26.2 Å². The maximum Gasteiger partial charge on any atom is 0.338 e. The molecule has 0 aliphatic heterocycles. The quantitative estimate of drug-likeness (QED) is 0.858. The summed E-state index contributed by atoms with van der Waals surface area (Å²) in [6.45, 7) is 0.661. The van der Waals surface area contributed by atoms with Crippen LogP contribution >= 0.6 is 11.6 Å². The van der Waals surface area contributed by atoms with Gasteiger partial charge in [0.2, 0.25) is 0 Å². The van der Waals surface area contributed by atoms with Gasteiger partial charge in [-0.15, -0.1) is 0 Å². The Labute approximate surface area is 132 Å². The lowest BCUT2D eigenvalue weighted by Gasteiger charge is -2.10. The Bertz CT molecular complexity index is 691. The predicted molar refractivity (Wildman–Crippen MR) is 82.7 cm³/mol. The van der Waals surface area contributed by atoms with Crippen LogP contribution in [-0.2, 0) is 4.74 Å². The van der Waals surface area contributed by atoms with E-state index >= 15 is 0 Å². The summed E-state index contributed by atoms with van der Waals surface area (Å²) < 4.78 is 23.5. The van der Waals surface area contributed by atoms with Crippen LogP contribution in [0.4, 0.5) is 4.39 Å². The van der Waals surface area contributed by atoms with Gasteiger partial charge in [-0.3, -0.25) is 0 Å². The third-order valence-corrected chi connectivity index (χ3v) is 3.26. The Morgan fingerprint density at radius 1 is 1.23 bits per heavy atom. The van der Waals surface area contributed by atoms with E-state index in [1.165, 1.54) is 19.2 Å². The van der Waals surface area contributed by atoms with Crippen molar-refractivity contribution >= 4 is 17.6 Å². The molecule has 0 atom stereocenters. The number of ether oxygens (including phenoxy) is 2. The van der Waals surface area contributed by atoms with Gasteiger partial charge in [-0.1, -0.05) is 17.7 Å². The Morgan fingerprint density at radius 3 is 2.64 bits per heavy atom. The zero-order valence-corrected chi connectivity index (χ0v) is 12.7. The maximum atomic E-state index is 13.3. The van der Waals surface area contributed by atoms with E-state index in [-0.39, 0.29) is 5.02 Å². The standard InChI is InChI=1S/C16H15ClFNO3/c1-21-16(20)12-6-11(7-13(8-12)22-5-4-19)10-2-3-15(18)14(17)9-10/h2-3,6-9H,4-5,19H2,1H3. The van der Waals surface area contributed by atoms with Crippen LogP contribution in [0.5, 0.6) is 5.75 Å². The molecule has 0 aromatic heterocycles. The fourth-order valence-electron chi connectivity index (χ4n) is 1.94. The van der Waals surface area contributed by atoms with Gasteiger partial charge in [-0.05, 0) is 41.5 Å². The number of carbonyl (C=O) groups excluding carboxylic acids is 1. The van der Waals surface area contributed by atoms with Gasteiger partial charge in [0.05, 0.1) is 17.7 Å². The van der Waals surface area contributed by atoms with Crippen LogP contribution in [0.25, 0.3) is 11.1 Å². The van der Waals surface area contributed by atoms with Crippen molar-refractivity contribution in [1.29, 1.82) is 0 Å².